The highest BCUT2D eigenvalue weighted by atomic mass is 15.0. The number of rotatable bonds is 6. The summed E-state index contributed by atoms with van der Waals surface area (Å²) in [5.41, 5.74) is 9.83. The Morgan fingerprint density at radius 2 is 0.722 bits per heavy atom. The van der Waals surface area contributed by atoms with E-state index in [1.807, 2.05) is 0 Å². The van der Waals surface area contributed by atoms with E-state index in [1.165, 1.54) is 32.8 Å². The molecule has 0 aliphatic carbocycles. The first-order valence-electron chi connectivity index (χ1n) is 18.3. The molecule has 9 aromatic carbocycles. The lowest BCUT2D eigenvalue weighted by Gasteiger charge is -2.15. The zero-order chi connectivity index (χ0) is 35.8. The van der Waals surface area contributed by atoms with Crippen molar-refractivity contribution in [2.45, 2.75) is 0 Å². The lowest BCUT2D eigenvalue weighted by molar-refractivity contribution is 1.08. The van der Waals surface area contributed by atoms with E-state index in [4.69, 9.17) is 15.0 Å². The smallest absolute Gasteiger partial charge is 0.164 e. The Bertz CT molecular complexity index is 2990. The Balaban J connectivity index is 1.14. The topological polar surface area (TPSA) is 38.7 Å². The van der Waals surface area contributed by atoms with Crippen molar-refractivity contribution in [1.29, 1.82) is 0 Å². The van der Waals surface area contributed by atoms with Gasteiger partial charge in [0.05, 0.1) is 0 Å². The summed E-state index contributed by atoms with van der Waals surface area (Å²) in [7, 11) is 0. The van der Waals surface area contributed by atoms with Crippen molar-refractivity contribution >= 4 is 32.3 Å². The molecule has 3 heteroatoms. The van der Waals surface area contributed by atoms with Gasteiger partial charge in [0.2, 0.25) is 0 Å². The first-order chi connectivity index (χ1) is 26.7. The molecular formula is C51H33N3. The van der Waals surface area contributed by atoms with Crippen LogP contribution in [0.3, 0.4) is 0 Å². The Hall–Kier alpha value is -7.23. The van der Waals surface area contributed by atoms with Gasteiger partial charge in [0.1, 0.15) is 0 Å². The minimum absolute atomic E-state index is 0.631. The van der Waals surface area contributed by atoms with Gasteiger partial charge < -0.3 is 0 Å². The molecule has 0 aliphatic rings. The van der Waals surface area contributed by atoms with Crippen molar-refractivity contribution < 1.29 is 0 Å². The molecule has 54 heavy (non-hydrogen) atoms. The molecule has 252 valence electrons. The maximum absolute atomic E-state index is 5.19. The van der Waals surface area contributed by atoms with Gasteiger partial charge in [0.25, 0.3) is 0 Å². The molecule has 0 saturated heterocycles. The molecule has 0 saturated carbocycles. The van der Waals surface area contributed by atoms with Gasteiger partial charge in [-0.15, -0.1) is 0 Å². The van der Waals surface area contributed by atoms with Gasteiger partial charge >= 0.3 is 0 Å². The van der Waals surface area contributed by atoms with Crippen LogP contribution in [0.4, 0.5) is 0 Å². The molecule has 3 nitrogen and oxygen atoms in total. The van der Waals surface area contributed by atoms with Gasteiger partial charge in [0.15, 0.2) is 17.5 Å². The lowest BCUT2D eigenvalue weighted by Crippen LogP contribution is -2.01. The number of hydrogen-bond donors (Lipinski definition) is 0. The standard InChI is InChI=1S/C51H33N3/c1-2-14-37(15-3-1)48-33-40(45-25-11-19-35-16-6-8-23-43(35)45)29-30-46(48)39-21-10-22-41(32-39)49-52-50(42-28-27-34-13-4-5-18-38(34)31-42)54-51(53-49)47-26-12-20-36-17-7-9-24-44(36)47/h1-33H. The summed E-state index contributed by atoms with van der Waals surface area (Å²) in [6, 6.07) is 70.7. The van der Waals surface area contributed by atoms with Crippen LogP contribution in [-0.2, 0) is 0 Å². The van der Waals surface area contributed by atoms with Crippen LogP contribution in [-0.4, -0.2) is 15.0 Å². The summed E-state index contributed by atoms with van der Waals surface area (Å²) in [6.45, 7) is 0. The number of benzene rings is 9. The number of hydrogen-bond acceptors (Lipinski definition) is 3. The molecule has 10 aromatic rings. The van der Waals surface area contributed by atoms with Crippen molar-refractivity contribution in [1.82, 2.24) is 15.0 Å². The van der Waals surface area contributed by atoms with Crippen LogP contribution in [0, 0.1) is 0 Å². The molecule has 0 amide bonds. The molecule has 0 atom stereocenters. The van der Waals surface area contributed by atoms with Crippen LogP contribution >= 0.6 is 0 Å². The monoisotopic (exact) mass is 687 g/mol. The third-order valence-corrected chi connectivity index (χ3v) is 10.3. The summed E-state index contributed by atoms with van der Waals surface area (Å²) >= 11 is 0. The van der Waals surface area contributed by atoms with Crippen molar-refractivity contribution in [3.05, 3.63) is 200 Å². The summed E-state index contributed by atoms with van der Waals surface area (Å²) in [5.74, 6) is 1.92. The van der Waals surface area contributed by atoms with Crippen molar-refractivity contribution in [3.8, 4) is 67.5 Å². The van der Waals surface area contributed by atoms with E-state index in [-0.39, 0.29) is 0 Å². The second kappa shape index (κ2) is 13.4. The van der Waals surface area contributed by atoms with Crippen LogP contribution in [0.2, 0.25) is 0 Å². The first-order valence-corrected chi connectivity index (χ1v) is 18.3. The van der Waals surface area contributed by atoms with Crippen LogP contribution in [0.15, 0.2) is 200 Å². The first kappa shape index (κ1) is 31.5. The quantitative estimate of drug-likeness (QED) is 0.175. The maximum atomic E-state index is 5.19. The third-order valence-electron chi connectivity index (χ3n) is 10.3. The Morgan fingerprint density at radius 3 is 1.48 bits per heavy atom. The number of nitrogens with zero attached hydrogens (tertiary/aromatic N) is 3. The molecule has 1 heterocycles. The molecule has 0 radical (unpaired) electrons. The van der Waals surface area contributed by atoms with Gasteiger partial charge in [-0.1, -0.05) is 182 Å². The largest absolute Gasteiger partial charge is 0.208 e. The van der Waals surface area contributed by atoms with Gasteiger partial charge in [-0.05, 0) is 83.9 Å². The van der Waals surface area contributed by atoms with E-state index < -0.39 is 0 Å². The Morgan fingerprint density at radius 1 is 0.222 bits per heavy atom. The van der Waals surface area contributed by atoms with Crippen molar-refractivity contribution in [2.75, 3.05) is 0 Å². The second-order valence-corrected chi connectivity index (χ2v) is 13.6. The van der Waals surface area contributed by atoms with Crippen molar-refractivity contribution in [3.63, 3.8) is 0 Å². The van der Waals surface area contributed by atoms with Gasteiger partial charge in [-0.3, -0.25) is 0 Å². The fourth-order valence-electron chi connectivity index (χ4n) is 7.63. The predicted molar refractivity (Wildman–Crippen MR) is 225 cm³/mol. The summed E-state index contributed by atoms with van der Waals surface area (Å²) in [4.78, 5) is 15.5. The lowest BCUT2D eigenvalue weighted by atomic mass is 9.89. The van der Waals surface area contributed by atoms with Gasteiger partial charge in [0, 0.05) is 16.7 Å². The highest BCUT2D eigenvalue weighted by Crippen LogP contribution is 2.39. The molecule has 0 N–H and O–H groups in total. The normalized spacial score (nSPS) is 11.3. The van der Waals surface area contributed by atoms with Crippen LogP contribution in [0.1, 0.15) is 0 Å². The molecule has 0 aliphatic heterocycles. The minimum Gasteiger partial charge on any atom is -0.208 e. The Kier molecular flexibility index (Phi) is 7.81. The van der Waals surface area contributed by atoms with E-state index in [2.05, 4.69) is 200 Å². The zero-order valence-electron chi connectivity index (χ0n) is 29.4. The highest BCUT2D eigenvalue weighted by Gasteiger charge is 2.17. The van der Waals surface area contributed by atoms with E-state index >= 15 is 0 Å². The second-order valence-electron chi connectivity index (χ2n) is 13.6. The molecule has 10 rings (SSSR count). The molecule has 0 spiro atoms. The molecule has 0 bridgehead atoms. The average molecular weight is 688 g/mol. The summed E-state index contributed by atoms with van der Waals surface area (Å²) in [6.07, 6.45) is 0. The predicted octanol–water partition coefficient (Wildman–Crippen LogP) is 13.3. The maximum Gasteiger partial charge on any atom is 0.164 e. The highest BCUT2D eigenvalue weighted by molar-refractivity contribution is 5.99. The SMILES string of the molecule is c1ccc(-c2cc(-c3cccc4ccccc34)ccc2-c2cccc(-c3nc(-c4ccc5ccccc5c4)nc(-c4cccc5ccccc45)n3)c2)cc1. The summed E-state index contributed by atoms with van der Waals surface area (Å²) in [5, 5.41) is 7.05. The minimum atomic E-state index is 0.631. The zero-order valence-corrected chi connectivity index (χ0v) is 29.4. The number of aromatic nitrogens is 3. The average Bonchev–Trinajstić information content (AvgIpc) is 3.26. The van der Waals surface area contributed by atoms with E-state index in [0.717, 1.165) is 49.5 Å². The van der Waals surface area contributed by atoms with E-state index in [0.29, 0.717) is 17.5 Å². The third kappa shape index (κ3) is 5.78. The fourth-order valence-corrected chi connectivity index (χ4v) is 7.63. The van der Waals surface area contributed by atoms with Gasteiger partial charge in [-0.2, -0.15) is 0 Å². The van der Waals surface area contributed by atoms with Crippen LogP contribution in [0.5, 0.6) is 0 Å². The molecule has 1 aromatic heterocycles. The Labute approximate surface area is 313 Å². The number of fused-ring (bicyclic) bond motifs is 3. The molecule has 0 fully saturated rings. The summed E-state index contributed by atoms with van der Waals surface area (Å²) < 4.78 is 0. The molecular weight excluding hydrogens is 655 g/mol. The van der Waals surface area contributed by atoms with E-state index in [1.54, 1.807) is 0 Å². The van der Waals surface area contributed by atoms with E-state index in [9.17, 15) is 0 Å². The van der Waals surface area contributed by atoms with Crippen LogP contribution < -0.4 is 0 Å². The van der Waals surface area contributed by atoms with Crippen LogP contribution in [0.25, 0.3) is 99.9 Å². The van der Waals surface area contributed by atoms with Crippen molar-refractivity contribution in [2.24, 2.45) is 0 Å². The fraction of sp³-hybridized carbons (Fsp3) is 0. The van der Waals surface area contributed by atoms with Gasteiger partial charge in [-0.25, -0.2) is 15.0 Å². The molecule has 0 unspecified atom stereocenters.